The maximum absolute atomic E-state index is 9.76. The Bertz CT molecular complexity index is 207. The normalized spacial score (nSPS) is 31.3. The number of aliphatic hydroxyl groups is 1. The standard InChI is InChI=1S/C11H22O5/c1-5-13-7-14-8(2)10-9(12)6-15-11(3,4)16-10/h8-10,12H,5-7H2,1-4H3/t8-,9?,10?/m1/s1. The van der Waals surface area contributed by atoms with Crippen LogP contribution < -0.4 is 0 Å². The number of aliphatic hydroxyl groups excluding tert-OH is 1. The second-order valence-corrected chi connectivity index (χ2v) is 4.34. The summed E-state index contributed by atoms with van der Waals surface area (Å²) in [6.07, 6.45) is -1.28. The van der Waals surface area contributed by atoms with Crippen molar-refractivity contribution in [3.05, 3.63) is 0 Å². The van der Waals surface area contributed by atoms with Gasteiger partial charge in [-0.3, -0.25) is 0 Å². The van der Waals surface area contributed by atoms with Crippen LogP contribution in [0, 0.1) is 0 Å². The van der Waals surface area contributed by atoms with E-state index in [1.807, 2.05) is 27.7 Å². The molecule has 0 aromatic rings. The lowest BCUT2D eigenvalue weighted by Crippen LogP contribution is -2.53. The Hall–Kier alpha value is -0.200. The predicted octanol–water partition coefficient (Wildman–Crippen LogP) is 0.898. The Labute approximate surface area is 96.6 Å². The minimum atomic E-state index is -0.673. The summed E-state index contributed by atoms with van der Waals surface area (Å²) in [6.45, 7) is 8.48. The first kappa shape index (κ1) is 13.9. The van der Waals surface area contributed by atoms with Gasteiger partial charge in [0.1, 0.15) is 19.0 Å². The van der Waals surface area contributed by atoms with Gasteiger partial charge < -0.3 is 24.1 Å². The van der Waals surface area contributed by atoms with Gasteiger partial charge in [-0.05, 0) is 27.7 Å². The zero-order valence-corrected chi connectivity index (χ0v) is 10.4. The first-order valence-electron chi connectivity index (χ1n) is 5.65. The highest BCUT2D eigenvalue weighted by Crippen LogP contribution is 2.25. The highest BCUT2D eigenvalue weighted by atomic mass is 16.7. The van der Waals surface area contributed by atoms with Crippen molar-refractivity contribution in [2.45, 2.75) is 51.8 Å². The molecule has 16 heavy (non-hydrogen) atoms. The van der Waals surface area contributed by atoms with Crippen molar-refractivity contribution in [1.29, 1.82) is 0 Å². The first-order valence-corrected chi connectivity index (χ1v) is 5.65. The molecule has 2 unspecified atom stereocenters. The van der Waals surface area contributed by atoms with Crippen LogP contribution >= 0.6 is 0 Å². The van der Waals surface area contributed by atoms with Gasteiger partial charge in [-0.15, -0.1) is 0 Å². The van der Waals surface area contributed by atoms with Gasteiger partial charge in [-0.1, -0.05) is 0 Å². The molecule has 0 bridgehead atoms. The van der Waals surface area contributed by atoms with Crippen molar-refractivity contribution < 1.29 is 24.1 Å². The number of rotatable bonds is 5. The summed E-state index contributed by atoms with van der Waals surface area (Å²) in [5.41, 5.74) is 0. The SMILES string of the molecule is CCOCO[C@H](C)C1OC(C)(C)OCC1O. The molecular formula is C11H22O5. The third-order valence-electron chi connectivity index (χ3n) is 2.48. The van der Waals surface area contributed by atoms with Gasteiger partial charge in [0.05, 0.1) is 12.7 Å². The molecule has 5 heteroatoms. The van der Waals surface area contributed by atoms with Crippen LogP contribution in [0.5, 0.6) is 0 Å². The Kier molecular flexibility index (Phi) is 5.14. The topological polar surface area (TPSA) is 57.2 Å². The molecule has 0 saturated carbocycles. The van der Waals surface area contributed by atoms with Gasteiger partial charge in [0.15, 0.2) is 5.79 Å². The fraction of sp³-hybridized carbons (Fsp3) is 1.00. The quantitative estimate of drug-likeness (QED) is 0.565. The maximum Gasteiger partial charge on any atom is 0.163 e. The zero-order valence-electron chi connectivity index (χ0n) is 10.4. The average molecular weight is 234 g/mol. The summed E-state index contributed by atoms with van der Waals surface area (Å²) < 4.78 is 21.5. The van der Waals surface area contributed by atoms with E-state index in [0.717, 1.165) is 0 Å². The second-order valence-electron chi connectivity index (χ2n) is 4.34. The molecule has 1 aliphatic rings. The van der Waals surface area contributed by atoms with Gasteiger partial charge in [0, 0.05) is 6.61 Å². The Morgan fingerprint density at radius 1 is 1.50 bits per heavy atom. The molecule has 1 heterocycles. The summed E-state index contributed by atoms with van der Waals surface area (Å²) in [5, 5.41) is 9.76. The highest BCUT2D eigenvalue weighted by Gasteiger charge is 2.38. The van der Waals surface area contributed by atoms with Gasteiger partial charge in [-0.25, -0.2) is 0 Å². The van der Waals surface area contributed by atoms with Crippen LogP contribution in [0.25, 0.3) is 0 Å². The van der Waals surface area contributed by atoms with Crippen molar-refractivity contribution in [2.75, 3.05) is 20.0 Å². The van der Waals surface area contributed by atoms with Gasteiger partial charge in [-0.2, -0.15) is 0 Å². The molecular weight excluding hydrogens is 212 g/mol. The third-order valence-corrected chi connectivity index (χ3v) is 2.48. The van der Waals surface area contributed by atoms with E-state index in [1.165, 1.54) is 0 Å². The van der Waals surface area contributed by atoms with E-state index in [9.17, 15) is 5.11 Å². The summed E-state index contributed by atoms with van der Waals surface area (Å²) in [6, 6.07) is 0. The molecule has 0 aliphatic carbocycles. The molecule has 3 atom stereocenters. The smallest absolute Gasteiger partial charge is 0.163 e. The van der Waals surface area contributed by atoms with E-state index in [4.69, 9.17) is 18.9 Å². The Morgan fingerprint density at radius 2 is 2.19 bits per heavy atom. The summed E-state index contributed by atoms with van der Waals surface area (Å²) in [7, 11) is 0. The van der Waals surface area contributed by atoms with Crippen LogP contribution in [0.15, 0.2) is 0 Å². The van der Waals surface area contributed by atoms with Crippen molar-refractivity contribution in [2.24, 2.45) is 0 Å². The Morgan fingerprint density at radius 3 is 2.81 bits per heavy atom. The fourth-order valence-corrected chi connectivity index (χ4v) is 1.56. The molecule has 1 saturated heterocycles. The van der Waals surface area contributed by atoms with E-state index >= 15 is 0 Å². The maximum atomic E-state index is 9.76. The molecule has 0 radical (unpaired) electrons. The molecule has 1 fully saturated rings. The van der Waals surface area contributed by atoms with Crippen molar-refractivity contribution in [3.8, 4) is 0 Å². The van der Waals surface area contributed by atoms with Crippen molar-refractivity contribution in [1.82, 2.24) is 0 Å². The molecule has 0 aromatic carbocycles. The van der Waals surface area contributed by atoms with Crippen molar-refractivity contribution in [3.63, 3.8) is 0 Å². The highest BCUT2D eigenvalue weighted by molar-refractivity contribution is 4.81. The first-order chi connectivity index (χ1) is 7.46. The van der Waals surface area contributed by atoms with Crippen LogP contribution in [0.4, 0.5) is 0 Å². The predicted molar refractivity (Wildman–Crippen MR) is 58.0 cm³/mol. The van der Waals surface area contributed by atoms with Crippen LogP contribution in [-0.4, -0.2) is 49.2 Å². The zero-order chi connectivity index (χ0) is 12.2. The van der Waals surface area contributed by atoms with E-state index in [2.05, 4.69) is 0 Å². The van der Waals surface area contributed by atoms with Crippen LogP contribution in [0.1, 0.15) is 27.7 Å². The van der Waals surface area contributed by atoms with Crippen LogP contribution in [0.2, 0.25) is 0 Å². The molecule has 5 nitrogen and oxygen atoms in total. The Balaban J connectivity index is 2.42. The third kappa shape index (κ3) is 3.99. The molecule has 96 valence electrons. The second kappa shape index (κ2) is 5.93. The summed E-state index contributed by atoms with van der Waals surface area (Å²) in [4.78, 5) is 0. The number of hydrogen-bond acceptors (Lipinski definition) is 5. The minimum Gasteiger partial charge on any atom is -0.388 e. The lowest BCUT2D eigenvalue weighted by molar-refractivity contribution is -0.323. The molecule has 1 N–H and O–H groups in total. The van der Waals surface area contributed by atoms with Crippen LogP contribution in [0.3, 0.4) is 0 Å². The van der Waals surface area contributed by atoms with Crippen LogP contribution in [-0.2, 0) is 18.9 Å². The van der Waals surface area contributed by atoms with Crippen molar-refractivity contribution >= 4 is 0 Å². The van der Waals surface area contributed by atoms with E-state index in [-0.39, 0.29) is 25.6 Å². The summed E-state index contributed by atoms with van der Waals surface area (Å²) in [5.74, 6) is -0.673. The van der Waals surface area contributed by atoms with Gasteiger partial charge in [0.25, 0.3) is 0 Å². The monoisotopic (exact) mass is 234 g/mol. The van der Waals surface area contributed by atoms with E-state index in [1.54, 1.807) is 0 Å². The lowest BCUT2D eigenvalue weighted by atomic mass is 10.1. The molecule has 0 amide bonds. The molecule has 1 aliphatic heterocycles. The lowest BCUT2D eigenvalue weighted by Gasteiger charge is -2.41. The molecule has 0 aromatic heterocycles. The minimum absolute atomic E-state index is 0.214. The molecule has 0 spiro atoms. The van der Waals surface area contributed by atoms with E-state index < -0.39 is 11.9 Å². The number of hydrogen-bond donors (Lipinski definition) is 1. The number of ether oxygens (including phenoxy) is 4. The molecule has 1 rings (SSSR count). The summed E-state index contributed by atoms with van der Waals surface area (Å²) >= 11 is 0. The van der Waals surface area contributed by atoms with E-state index in [0.29, 0.717) is 6.61 Å². The van der Waals surface area contributed by atoms with Gasteiger partial charge >= 0.3 is 0 Å². The fourth-order valence-electron chi connectivity index (χ4n) is 1.56. The van der Waals surface area contributed by atoms with Gasteiger partial charge in [0.2, 0.25) is 0 Å². The largest absolute Gasteiger partial charge is 0.388 e. The average Bonchev–Trinajstić information content (AvgIpc) is 2.22.